The van der Waals surface area contributed by atoms with E-state index in [4.69, 9.17) is 9.47 Å². The van der Waals surface area contributed by atoms with Crippen LogP contribution in [0, 0.1) is 23.4 Å². The average molecular weight is 414 g/mol. The number of rotatable bonds is 5. The van der Waals surface area contributed by atoms with E-state index in [1.165, 1.54) is 0 Å². The van der Waals surface area contributed by atoms with Crippen molar-refractivity contribution < 1.29 is 22.6 Å². The fourth-order valence-electron chi connectivity index (χ4n) is 4.07. The first-order chi connectivity index (χ1) is 14.5. The van der Waals surface area contributed by atoms with Crippen LogP contribution in [-0.2, 0) is 17.6 Å². The molecule has 0 bridgehead atoms. The summed E-state index contributed by atoms with van der Waals surface area (Å²) in [5.74, 6) is -2.63. The lowest BCUT2D eigenvalue weighted by Crippen LogP contribution is -2.22. The Morgan fingerprint density at radius 2 is 1.87 bits per heavy atom. The van der Waals surface area contributed by atoms with Crippen LogP contribution in [0.3, 0.4) is 0 Å². The fourth-order valence-corrected chi connectivity index (χ4v) is 4.07. The van der Waals surface area contributed by atoms with E-state index >= 15 is 0 Å². The van der Waals surface area contributed by atoms with Crippen molar-refractivity contribution in [2.75, 3.05) is 6.61 Å². The van der Waals surface area contributed by atoms with Crippen LogP contribution in [-0.4, -0.2) is 12.7 Å². The highest BCUT2D eigenvalue weighted by atomic mass is 19.2. The van der Waals surface area contributed by atoms with Crippen molar-refractivity contribution in [1.29, 1.82) is 0 Å². The highest BCUT2D eigenvalue weighted by Gasteiger charge is 2.28. The van der Waals surface area contributed by atoms with Gasteiger partial charge in [-0.1, -0.05) is 43.7 Å². The predicted molar refractivity (Wildman–Crippen MR) is 111 cm³/mol. The van der Waals surface area contributed by atoms with Gasteiger partial charge < -0.3 is 9.47 Å². The number of aryl methyl sites for hydroxylation is 1. The van der Waals surface area contributed by atoms with Crippen molar-refractivity contribution in [2.24, 2.45) is 5.92 Å². The Morgan fingerprint density at radius 1 is 1.07 bits per heavy atom. The molecule has 0 aromatic heterocycles. The monoisotopic (exact) mass is 414 g/mol. The molecule has 2 unspecified atom stereocenters. The normalized spacial score (nSPS) is 20.5. The number of benzene rings is 2. The van der Waals surface area contributed by atoms with E-state index in [-0.39, 0.29) is 29.1 Å². The van der Waals surface area contributed by atoms with E-state index in [9.17, 15) is 13.2 Å². The van der Waals surface area contributed by atoms with Crippen molar-refractivity contribution in [2.45, 2.75) is 45.1 Å². The van der Waals surface area contributed by atoms with Gasteiger partial charge in [0.2, 0.25) is 5.82 Å². The van der Waals surface area contributed by atoms with Crippen molar-refractivity contribution in [1.82, 2.24) is 0 Å². The van der Waals surface area contributed by atoms with Gasteiger partial charge in [-0.15, -0.1) is 6.58 Å². The Morgan fingerprint density at radius 3 is 2.57 bits per heavy atom. The molecule has 2 atom stereocenters. The minimum atomic E-state index is -1.08. The molecular weight excluding hydrogens is 389 g/mol. The van der Waals surface area contributed by atoms with E-state index in [1.807, 2.05) is 13.0 Å². The van der Waals surface area contributed by atoms with Crippen molar-refractivity contribution in [3.63, 3.8) is 0 Å². The lowest BCUT2D eigenvalue weighted by Gasteiger charge is -2.25. The molecule has 0 saturated carbocycles. The first-order valence-corrected chi connectivity index (χ1v) is 10.4. The van der Waals surface area contributed by atoms with Crippen molar-refractivity contribution in [3.8, 4) is 11.5 Å². The third-order valence-corrected chi connectivity index (χ3v) is 5.79. The zero-order valence-electron chi connectivity index (χ0n) is 17.0. The smallest absolute Gasteiger partial charge is 0.202 e. The summed E-state index contributed by atoms with van der Waals surface area (Å²) in [4.78, 5) is 0. The minimum absolute atomic E-state index is 0.00571. The average Bonchev–Trinajstić information content (AvgIpc) is 2.77. The summed E-state index contributed by atoms with van der Waals surface area (Å²) in [6.07, 6.45) is 8.69. The zero-order valence-corrected chi connectivity index (χ0v) is 17.0. The number of fused-ring (bicyclic) bond motifs is 2. The molecule has 0 aliphatic carbocycles. The molecule has 2 aromatic carbocycles. The van der Waals surface area contributed by atoms with Gasteiger partial charge in [0.1, 0.15) is 0 Å². The molecule has 2 aromatic rings. The number of halogens is 3. The Labute approximate surface area is 175 Å². The molecule has 5 heteroatoms. The number of hydrogen-bond donors (Lipinski definition) is 0. The molecule has 4 rings (SSSR count). The maximum Gasteiger partial charge on any atom is 0.202 e. The summed E-state index contributed by atoms with van der Waals surface area (Å²) in [5, 5.41) is 0. The standard InChI is InChI=1S/C25H25F3O2/c1-3-5-16-9-10-18-13-19-12-17(8-6-15-7-11-20(4-2)29-14-15)21(26)23(28)25(19)30-24(18)22(16)27/h4,6,8-10,12,15,20H,2-3,5,7,11,13-14H2,1H3/b8-6+. The molecule has 0 N–H and O–H groups in total. The summed E-state index contributed by atoms with van der Waals surface area (Å²) < 4.78 is 55.4. The summed E-state index contributed by atoms with van der Waals surface area (Å²) >= 11 is 0. The van der Waals surface area contributed by atoms with Gasteiger partial charge in [0.05, 0.1) is 12.7 Å². The van der Waals surface area contributed by atoms with E-state index in [0.717, 1.165) is 19.3 Å². The second-order valence-electron chi connectivity index (χ2n) is 7.94. The van der Waals surface area contributed by atoms with E-state index in [1.54, 1.807) is 30.4 Å². The molecular formula is C25H25F3O2. The molecule has 2 aliphatic heterocycles. The molecule has 2 heterocycles. The van der Waals surface area contributed by atoms with Gasteiger partial charge in [-0.05, 0) is 30.9 Å². The summed E-state index contributed by atoms with van der Waals surface area (Å²) in [6, 6.07) is 5.13. The Bertz CT molecular complexity index is 989. The van der Waals surface area contributed by atoms with E-state index < -0.39 is 17.5 Å². The minimum Gasteiger partial charge on any atom is -0.450 e. The Hall–Kier alpha value is -2.53. The third-order valence-electron chi connectivity index (χ3n) is 5.79. The summed E-state index contributed by atoms with van der Waals surface area (Å²) in [5.41, 5.74) is 1.83. The van der Waals surface area contributed by atoms with Crippen LogP contribution in [0.2, 0.25) is 0 Å². The maximum absolute atomic E-state index is 14.8. The van der Waals surface area contributed by atoms with Gasteiger partial charge in [-0.25, -0.2) is 8.78 Å². The molecule has 158 valence electrons. The largest absolute Gasteiger partial charge is 0.450 e. The SMILES string of the molecule is C=CC1CCC(/C=C/c2cc3c(c(F)c2F)Oc2c(ccc(CCC)c2F)C3)CO1. The Balaban J connectivity index is 1.60. The maximum atomic E-state index is 14.8. The summed E-state index contributed by atoms with van der Waals surface area (Å²) in [6.45, 7) is 6.21. The highest BCUT2D eigenvalue weighted by Crippen LogP contribution is 2.42. The number of ether oxygens (including phenoxy) is 2. The predicted octanol–water partition coefficient (Wildman–Crippen LogP) is 6.75. The first-order valence-electron chi connectivity index (χ1n) is 10.4. The molecule has 1 saturated heterocycles. The van der Waals surface area contributed by atoms with Crippen LogP contribution >= 0.6 is 0 Å². The van der Waals surface area contributed by atoms with Gasteiger partial charge in [-0.2, -0.15) is 4.39 Å². The van der Waals surface area contributed by atoms with Gasteiger partial charge in [0.15, 0.2) is 23.1 Å². The quantitative estimate of drug-likeness (QED) is 0.430. The zero-order chi connectivity index (χ0) is 21.3. The Kier molecular flexibility index (Phi) is 6.00. The van der Waals surface area contributed by atoms with Gasteiger partial charge in [0, 0.05) is 29.0 Å². The van der Waals surface area contributed by atoms with Crippen LogP contribution in [0.4, 0.5) is 13.2 Å². The van der Waals surface area contributed by atoms with Crippen LogP contribution in [0.15, 0.2) is 36.9 Å². The molecule has 0 amide bonds. The van der Waals surface area contributed by atoms with Crippen molar-refractivity contribution >= 4 is 6.08 Å². The van der Waals surface area contributed by atoms with Crippen LogP contribution in [0.5, 0.6) is 11.5 Å². The molecule has 0 spiro atoms. The van der Waals surface area contributed by atoms with Gasteiger partial charge in [0.25, 0.3) is 0 Å². The first kappa shape index (κ1) is 20.7. The topological polar surface area (TPSA) is 18.5 Å². The second kappa shape index (κ2) is 8.68. The molecule has 1 fully saturated rings. The van der Waals surface area contributed by atoms with Crippen LogP contribution in [0.25, 0.3) is 6.08 Å². The van der Waals surface area contributed by atoms with E-state index in [0.29, 0.717) is 36.1 Å². The summed E-state index contributed by atoms with van der Waals surface area (Å²) in [7, 11) is 0. The number of hydrogen-bond acceptors (Lipinski definition) is 2. The van der Waals surface area contributed by atoms with Crippen molar-refractivity contribution in [3.05, 3.63) is 76.6 Å². The van der Waals surface area contributed by atoms with Gasteiger partial charge >= 0.3 is 0 Å². The molecule has 0 radical (unpaired) electrons. The second-order valence-corrected chi connectivity index (χ2v) is 7.94. The van der Waals surface area contributed by atoms with Gasteiger partial charge in [-0.3, -0.25) is 0 Å². The molecule has 2 nitrogen and oxygen atoms in total. The van der Waals surface area contributed by atoms with E-state index in [2.05, 4.69) is 6.58 Å². The lowest BCUT2D eigenvalue weighted by molar-refractivity contribution is 0.0248. The third kappa shape index (κ3) is 3.91. The van der Waals surface area contributed by atoms with Crippen LogP contribution in [0.1, 0.15) is 48.4 Å². The molecule has 30 heavy (non-hydrogen) atoms. The lowest BCUT2D eigenvalue weighted by atomic mass is 9.94. The fraction of sp³-hybridized carbons (Fsp3) is 0.360. The van der Waals surface area contributed by atoms with Crippen LogP contribution < -0.4 is 4.74 Å². The molecule has 2 aliphatic rings. The highest BCUT2D eigenvalue weighted by molar-refractivity contribution is 5.59.